The van der Waals surface area contributed by atoms with Gasteiger partial charge in [0.2, 0.25) is 0 Å². The van der Waals surface area contributed by atoms with Crippen molar-refractivity contribution in [3.05, 3.63) is 29.3 Å². The van der Waals surface area contributed by atoms with E-state index in [-0.39, 0.29) is 24.3 Å². The molecule has 0 spiro atoms. The van der Waals surface area contributed by atoms with Crippen LogP contribution in [0.2, 0.25) is 5.02 Å². The van der Waals surface area contributed by atoms with Crippen LogP contribution in [-0.4, -0.2) is 25.5 Å². The fourth-order valence-corrected chi connectivity index (χ4v) is 3.68. The number of rotatable bonds is 2. The van der Waals surface area contributed by atoms with E-state index in [9.17, 15) is 13.7 Å². The number of nitrogens with one attached hydrogen (secondary N) is 1. The Morgan fingerprint density at radius 1 is 1.28 bits per heavy atom. The highest BCUT2D eigenvalue weighted by molar-refractivity contribution is 7.91. The molecule has 0 unspecified atom stereocenters. The fourth-order valence-electron chi connectivity index (χ4n) is 1.97. The van der Waals surface area contributed by atoms with E-state index in [1.165, 1.54) is 0 Å². The molecule has 0 radical (unpaired) electrons. The normalized spacial score (nSPS) is 20.9. The maximum Gasteiger partial charge on any atom is 0.150 e. The van der Waals surface area contributed by atoms with E-state index in [2.05, 4.69) is 11.4 Å². The molecule has 0 bridgehead atoms. The maximum atomic E-state index is 11.4. The van der Waals surface area contributed by atoms with Gasteiger partial charge in [0.1, 0.15) is 5.54 Å². The number of sulfone groups is 1. The molecule has 1 saturated heterocycles. The van der Waals surface area contributed by atoms with Crippen LogP contribution in [0.3, 0.4) is 0 Å². The predicted octanol–water partition coefficient (Wildman–Crippen LogP) is 2.22. The van der Waals surface area contributed by atoms with Gasteiger partial charge >= 0.3 is 0 Å². The average Bonchev–Trinajstić information content (AvgIpc) is 2.35. The van der Waals surface area contributed by atoms with Crippen LogP contribution >= 0.6 is 11.6 Å². The Morgan fingerprint density at radius 3 is 2.44 bits per heavy atom. The highest BCUT2D eigenvalue weighted by atomic mass is 35.5. The van der Waals surface area contributed by atoms with E-state index >= 15 is 0 Å². The molecule has 0 saturated carbocycles. The van der Waals surface area contributed by atoms with Gasteiger partial charge in [-0.15, -0.1) is 0 Å². The van der Waals surface area contributed by atoms with Crippen LogP contribution in [0.5, 0.6) is 0 Å². The lowest BCUT2D eigenvalue weighted by molar-refractivity contribution is 0.505. The minimum atomic E-state index is -2.99. The van der Waals surface area contributed by atoms with Crippen LogP contribution in [0, 0.1) is 11.3 Å². The van der Waals surface area contributed by atoms with Gasteiger partial charge < -0.3 is 5.32 Å². The Kier molecular flexibility index (Phi) is 3.51. The highest BCUT2D eigenvalue weighted by Gasteiger charge is 2.37. The van der Waals surface area contributed by atoms with Gasteiger partial charge in [0.15, 0.2) is 9.84 Å². The van der Waals surface area contributed by atoms with E-state index in [1.807, 2.05) is 6.07 Å². The molecule has 1 heterocycles. The molecule has 4 nitrogen and oxygen atoms in total. The monoisotopic (exact) mass is 284 g/mol. The SMILES string of the molecule is N#CC1(Nc2ccccc2Cl)CCS(=O)(=O)CC1. The summed E-state index contributed by atoms with van der Waals surface area (Å²) in [7, 11) is -2.99. The van der Waals surface area contributed by atoms with Crippen molar-refractivity contribution in [2.24, 2.45) is 0 Å². The molecule has 1 aromatic carbocycles. The molecule has 0 aliphatic carbocycles. The smallest absolute Gasteiger partial charge is 0.150 e. The molecule has 1 aliphatic rings. The average molecular weight is 285 g/mol. The van der Waals surface area contributed by atoms with Gasteiger partial charge in [0.05, 0.1) is 28.3 Å². The first-order valence-corrected chi connectivity index (χ1v) is 7.81. The van der Waals surface area contributed by atoms with Crippen LogP contribution in [-0.2, 0) is 9.84 Å². The predicted molar refractivity (Wildman–Crippen MR) is 71.3 cm³/mol. The summed E-state index contributed by atoms with van der Waals surface area (Å²) in [6, 6.07) is 9.33. The first kappa shape index (κ1) is 13.2. The van der Waals surface area contributed by atoms with E-state index in [0.717, 1.165) is 0 Å². The van der Waals surface area contributed by atoms with Gasteiger partial charge in [-0.1, -0.05) is 23.7 Å². The lowest BCUT2D eigenvalue weighted by atomic mass is 9.93. The van der Waals surface area contributed by atoms with Crippen LogP contribution in [0.15, 0.2) is 24.3 Å². The molecule has 0 amide bonds. The van der Waals surface area contributed by atoms with Crippen LogP contribution in [0.25, 0.3) is 0 Å². The van der Waals surface area contributed by atoms with E-state index < -0.39 is 15.4 Å². The number of hydrogen-bond acceptors (Lipinski definition) is 4. The zero-order chi connectivity index (χ0) is 13.2. The second-order valence-corrected chi connectivity index (χ2v) is 7.16. The largest absolute Gasteiger partial charge is 0.366 e. The van der Waals surface area contributed by atoms with E-state index in [4.69, 9.17) is 11.6 Å². The summed E-state index contributed by atoms with van der Waals surface area (Å²) in [5.41, 5.74) is -0.170. The van der Waals surface area contributed by atoms with Crippen molar-refractivity contribution in [2.75, 3.05) is 16.8 Å². The number of hydrogen-bond donors (Lipinski definition) is 1. The van der Waals surface area contributed by atoms with Crippen molar-refractivity contribution in [1.82, 2.24) is 0 Å². The van der Waals surface area contributed by atoms with Crippen molar-refractivity contribution in [2.45, 2.75) is 18.4 Å². The molecule has 1 N–H and O–H groups in total. The minimum absolute atomic E-state index is 0.0397. The minimum Gasteiger partial charge on any atom is -0.366 e. The summed E-state index contributed by atoms with van der Waals surface area (Å²) in [6.07, 6.45) is 0.577. The third-order valence-corrected chi connectivity index (χ3v) is 5.12. The number of para-hydroxylation sites is 1. The second-order valence-electron chi connectivity index (χ2n) is 4.45. The van der Waals surface area contributed by atoms with E-state index in [0.29, 0.717) is 10.7 Å². The Labute approximate surface area is 111 Å². The zero-order valence-electron chi connectivity index (χ0n) is 9.69. The molecule has 1 aliphatic heterocycles. The summed E-state index contributed by atoms with van der Waals surface area (Å²) in [6.45, 7) is 0. The molecule has 6 heteroatoms. The molecule has 2 rings (SSSR count). The van der Waals surface area contributed by atoms with Crippen molar-refractivity contribution in [3.63, 3.8) is 0 Å². The van der Waals surface area contributed by atoms with Crippen LogP contribution in [0.4, 0.5) is 5.69 Å². The lowest BCUT2D eigenvalue weighted by Crippen LogP contribution is -2.44. The van der Waals surface area contributed by atoms with E-state index in [1.54, 1.807) is 18.2 Å². The van der Waals surface area contributed by atoms with Gasteiger partial charge in [0, 0.05) is 0 Å². The summed E-state index contributed by atoms with van der Waals surface area (Å²) in [5.74, 6) is 0.0794. The third kappa shape index (κ3) is 2.77. The summed E-state index contributed by atoms with van der Waals surface area (Å²) in [5, 5.41) is 12.9. The van der Waals surface area contributed by atoms with Gasteiger partial charge in [-0.2, -0.15) is 5.26 Å². The molecule has 0 atom stereocenters. The van der Waals surface area contributed by atoms with Gasteiger partial charge in [-0.3, -0.25) is 0 Å². The molecular formula is C12H13ClN2O2S. The zero-order valence-corrected chi connectivity index (χ0v) is 11.3. The Bertz CT molecular complexity index is 578. The van der Waals surface area contributed by atoms with Gasteiger partial charge in [-0.05, 0) is 25.0 Å². The van der Waals surface area contributed by atoms with Crippen molar-refractivity contribution in [1.29, 1.82) is 5.26 Å². The molecule has 96 valence electrons. The number of benzene rings is 1. The van der Waals surface area contributed by atoms with Crippen molar-refractivity contribution in [3.8, 4) is 6.07 Å². The molecular weight excluding hydrogens is 272 g/mol. The number of nitriles is 1. The Hall–Kier alpha value is -1.25. The standard InChI is InChI=1S/C12H13ClN2O2S/c13-10-3-1-2-4-11(10)15-12(9-14)5-7-18(16,17)8-6-12/h1-4,15H,5-8H2. The number of anilines is 1. The molecule has 1 aromatic rings. The van der Waals surface area contributed by atoms with Crippen molar-refractivity contribution >= 4 is 27.1 Å². The van der Waals surface area contributed by atoms with Gasteiger partial charge in [-0.25, -0.2) is 8.42 Å². The Morgan fingerprint density at radius 2 is 1.89 bits per heavy atom. The molecule has 1 fully saturated rings. The quantitative estimate of drug-likeness (QED) is 0.904. The maximum absolute atomic E-state index is 11.4. The second kappa shape index (κ2) is 4.79. The Balaban J connectivity index is 2.21. The highest BCUT2D eigenvalue weighted by Crippen LogP contribution is 2.30. The first-order valence-electron chi connectivity index (χ1n) is 5.61. The number of halogens is 1. The van der Waals surface area contributed by atoms with Crippen molar-refractivity contribution < 1.29 is 8.42 Å². The molecule has 0 aromatic heterocycles. The lowest BCUT2D eigenvalue weighted by Gasteiger charge is -2.32. The first-order chi connectivity index (χ1) is 8.46. The molecule has 18 heavy (non-hydrogen) atoms. The number of nitrogens with zero attached hydrogens (tertiary/aromatic N) is 1. The topological polar surface area (TPSA) is 70.0 Å². The third-order valence-electron chi connectivity index (χ3n) is 3.14. The fraction of sp³-hybridized carbons (Fsp3) is 0.417. The summed E-state index contributed by atoms with van der Waals surface area (Å²) < 4.78 is 22.8. The van der Waals surface area contributed by atoms with Gasteiger partial charge in [0.25, 0.3) is 0 Å². The summed E-state index contributed by atoms with van der Waals surface area (Å²) >= 11 is 6.03. The summed E-state index contributed by atoms with van der Waals surface area (Å²) in [4.78, 5) is 0. The van der Waals surface area contributed by atoms with Crippen LogP contribution < -0.4 is 5.32 Å². The van der Waals surface area contributed by atoms with Crippen LogP contribution in [0.1, 0.15) is 12.8 Å².